The van der Waals surface area contributed by atoms with Gasteiger partial charge in [-0.1, -0.05) is 60.7 Å². The second-order valence-corrected chi connectivity index (χ2v) is 13.2. The highest BCUT2D eigenvalue weighted by atomic mass is 32.2. The van der Waals surface area contributed by atoms with E-state index in [9.17, 15) is 34.1 Å². The van der Waals surface area contributed by atoms with E-state index in [1.165, 1.54) is 24.1 Å². The van der Waals surface area contributed by atoms with Gasteiger partial charge in [-0.25, -0.2) is 9.69 Å². The van der Waals surface area contributed by atoms with Gasteiger partial charge in [0.1, 0.15) is 11.4 Å². The number of anilines is 1. The monoisotopic (exact) mass is 735 g/mol. The lowest BCUT2D eigenvalue weighted by Crippen LogP contribution is -2.54. The number of carbonyl (C=O) groups is 6. The van der Waals surface area contributed by atoms with Gasteiger partial charge in [0.25, 0.3) is 11.6 Å². The molecular weight excluding hydrogens is 698 g/mol. The molecule has 0 unspecified atom stereocenters. The van der Waals surface area contributed by atoms with Crippen LogP contribution in [0.4, 0.5) is 16.2 Å². The maximum Gasteiger partial charge on any atom is 0.331 e. The standard InChI is InChI=1S/C36H37N3O12S/c1-22(40)48-21-30(49-23(2)41)31(50-24(3)42)32(51-25(4)43)33-36(52-33,27-14-10-7-11-15-27)34(44)38(28-16-18-29(19-17-28)39(46)47)35(45)37(5)20-26-12-8-6-9-13-26/h6-19,30-33H,20-21H2,1-5H3/t30-,31-,32+,33-,36-/m1/s1. The van der Waals surface area contributed by atoms with Crippen molar-refractivity contribution < 1.29 is 52.6 Å². The van der Waals surface area contributed by atoms with Crippen molar-refractivity contribution in [1.29, 1.82) is 0 Å². The molecule has 274 valence electrons. The molecule has 52 heavy (non-hydrogen) atoms. The Morgan fingerprint density at radius 1 is 0.788 bits per heavy atom. The van der Waals surface area contributed by atoms with Gasteiger partial charge in [-0.2, -0.15) is 0 Å². The molecule has 0 spiro atoms. The highest BCUT2D eigenvalue weighted by Crippen LogP contribution is 2.65. The van der Waals surface area contributed by atoms with Crippen molar-refractivity contribution in [1.82, 2.24) is 4.90 Å². The van der Waals surface area contributed by atoms with E-state index in [0.717, 1.165) is 62.1 Å². The molecule has 0 N–H and O–H groups in total. The smallest absolute Gasteiger partial charge is 0.331 e. The molecule has 1 aliphatic rings. The van der Waals surface area contributed by atoms with Crippen LogP contribution >= 0.6 is 11.8 Å². The van der Waals surface area contributed by atoms with Crippen molar-refractivity contribution in [2.45, 2.75) is 62.5 Å². The van der Waals surface area contributed by atoms with E-state index in [0.29, 0.717) is 5.56 Å². The Kier molecular flexibility index (Phi) is 12.7. The number of ether oxygens (including phenoxy) is 4. The van der Waals surface area contributed by atoms with E-state index in [1.54, 1.807) is 54.6 Å². The highest BCUT2D eigenvalue weighted by Gasteiger charge is 2.70. The first-order valence-corrected chi connectivity index (χ1v) is 16.8. The van der Waals surface area contributed by atoms with Crippen LogP contribution in [0.5, 0.6) is 0 Å². The Morgan fingerprint density at radius 3 is 1.87 bits per heavy atom. The van der Waals surface area contributed by atoms with Crippen LogP contribution in [0, 0.1) is 10.1 Å². The number of nitro benzene ring substituents is 1. The number of amides is 3. The number of esters is 4. The Morgan fingerprint density at radius 2 is 1.35 bits per heavy atom. The van der Waals surface area contributed by atoms with E-state index in [4.69, 9.17) is 18.9 Å². The first-order chi connectivity index (χ1) is 24.6. The van der Waals surface area contributed by atoms with Gasteiger partial charge in [-0.3, -0.25) is 34.1 Å². The van der Waals surface area contributed by atoms with Crippen LogP contribution in [0.1, 0.15) is 38.8 Å². The number of benzene rings is 3. The molecule has 0 radical (unpaired) electrons. The summed E-state index contributed by atoms with van der Waals surface area (Å²) in [5.41, 5.74) is 0.869. The quantitative estimate of drug-likeness (QED) is 0.0738. The number of urea groups is 1. The summed E-state index contributed by atoms with van der Waals surface area (Å²) < 4.78 is 20.1. The number of hydrogen-bond donors (Lipinski definition) is 0. The zero-order valence-corrected chi connectivity index (χ0v) is 29.8. The molecule has 1 saturated heterocycles. The lowest BCUT2D eigenvalue weighted by atomic mass is 9.88. The molecule has 3 aromatic carbocycles. The number of rotatable bonds is 14. The Bertz CT molecular complexity index is 1810. The third-order valence-corrected chi connectivity index (χ3v) is 9.50. The molecule has 0 saturated carbocycles. The third kappa shape index (κ3) is 9.31. The van der Waals surface area contributed by atoms with Crippen molar-refractivity contribution >= 4 is 59.0 Å². The van der Waals surface area contributed by atoms with Crippen molar-refractivity contribution in [2.24, 2.45) is 0 Å². The molecule has 4 rings (SSSR count). The number of nitrogens with zero attached hydrogens (tertiary/aromatic N) is 3. The van der Waals surface area contributed by atoms with Crippen LogP contribution in [0.15, 0.2) is 84.9 Å². The van der Waals surface area contributed by atoms with Crippen LogP contribution in [0.25, 0.3) is 0 Å². The van der Waals surface area contributed by atoms with Crippen molar-refractivity contribution in [3.63, 3.8) is 0 Å². The maximum atomic E-state index is 15.2. The topological polar surface area (TPSA) is 189 Å². The van der Waals surface area contributed by atoms with E-state index in [1.807, 2.05) is 6.07 Å². The minimum Gasteiger partial charge on any atom is -0.462 e. The molecule has 16 heteroatoms. The summed E-state index contributed by atoms with van der Waals surface area (Å²) in [6.45, 7) is 3.86. The van der Waals surface area contributed by atoms with E-state index in [-0.39, 0.29) is 17.9 Å². The molecule has 1 heterocycles. The average Bonchev–Trinajstić information content (AvgIpc) is 3.85. The number of nitro groups is 1. The van der Waals surface area contributed by atoms with Crippen molar-refractivity contribution in [2.75, 3.05) is 18.6 Å². The third-order valence-electron chi connectivity index (χ3n) is 7.84. The van der Waals surface area contributed by atoms with Crippen LogP contribution in [-0.4, -0.2) is 82.9 Å². The molecule has 1 fully saturated rings. The number of hydrogen-bond acceptors (Lipinski definition) is 13. The Hall–Kier alpha value is -5.77. The average molecular weight is 736 g/mol. The minimum atomic E-state index is -1.70. The Labute approximate surface area is 303 Å². The predicted molar refractivity (Wildman–Crippen MR) is 187 cm³/mol. The van der Waals surface area contributed by atoms with E-state index >= 15 is 4.79 Å². The summed E-state index contributed by atoms with van der Waals surface area (Å²) in [6.07, 6.45) is -4.58. The molecule has 0 aliphatic carbocycles. The first-order valence-electron chi connectivity index (χ1n) is 15.9. The van der Waals surface area contributed by atoms with Gasteiger partial charge < -0.3 is 23.8 Å². The number of carbonyl (C=O) groups excluding carboxylic acids is 6. The fourth-order valence-corrected chi connectivity index (χ4v) is 7.14. The normalized spacial score (nSPS) is 17.7. The zero-order chi connectivity index (χ0) is 38.2. The van der Waals surface area contributed by atoms with Crippen LogP contribution in [-0.2, 0) is 54.2 Å². The van der Waals surface area contributed by atoms with Gasteiger partial charge >= 0.3 is 29.9 Å². The second kappa shape index (κ2) is 17.0. The Balaban J connectivity index is 1.88. The number of imide groups is 1. The molecule has 1 aliphatic heterocycles. The largest absolute Gasteiger partial charge is 0.462 e. The number of thioether (sulfide) groups is 1. The predicted octanol–water partition coefficient (Wildman–Crippen LogP) is 4.55. The summed E-state index contributed by atoms with van der Waals surface area (Å²) in [6, 6.07) is 21.4. The molecule has 15 nitrogen and oxygen atoms in total. The fourth-order valence-electron chi connectivity index (χ4n) is 5.63. The van der Waals surface area contributed by atoms with Gasteiger partial charge in [0.2, 0.25) is 0 Å². The SMILES string of the molecule is CC(=O)OC[C@@H](OC(C)=O)[C@@H](OC(C)=O)[C@H](OC(C)=O)[C@H]1S[C@]1(C(=O)N(C(=O)N(C)Cc1ccccc1)c1ccc([N+](=O)[O-])cc1)c1ccccc1. The molecule has 0 bridgehead atoms. The van der Waals surface area contributed by atoms with Crippen molar-refractivity contribution in [3.8, 4) is 0 Å². The van der Waals surface area contributed by atoms with Gasteiger partial charge in [0, 0.05) is 53.4 Å². The molecule has 5 atom stereocenters. The lowest BCUT2D eigenvalue weighted by molar-refractivity contribution is -0.384. The molecular formula is C36H37N3O12S. The zero-order valence-electron chi connectivity index (χ0n) is 29.0. The van der Waals surface area contributed by atoms with E-state index < -0.39 is 75.7 Å². The van der Waals surface area contributed by atoms with Crippen LogP contribution in [0.3, 0.4) is 0 Å². The summed E-state index contributed by atoms with van der Waals surface area (Å²) in [7, 11) is 1.49. The van der Waals surface area contributed by atoms with Gasteiger partial charge in [0.15, 0.2) is 18.3 Å². The summed E-state index contributed by atoms with van der Waals surface area (Å²) in [5.74, 6) is -4.09. The van der Waals surface area contributed by atoms with Crippen LogP contribution < -0.4 is 4.90 Å². The summed E-state index contributed by atoms with van der Waals surface area (Å²) >= 11 is 0.989. The van der Waals surface area contributed by atoms with Gasteiger partial charge in [-0.15, -0.1) is 11.8 Å². The highest BCUT2D eigenvalue weighted by molar-refractivity contribution is 8.09. The van der Waals surface area contributed by atoms with Gasteiger partial charge in [-0.05, 0) is 23.3 Å². The van der Waals surface area contributed by atoms with E-state index in [2.05, 4.69) is 0 Å². The molecule has 0 aromatic heterocycles. The maximum absolute atomic E-state index is 15.2. The fraction of sp³-hybridized carbons (Fsp3) is 0.333. The lowest BCUT2D eigenvalue weighted by Gasteiger charge is -2.33. The number of non-ortho nitro benzene ring substituents is 1. The van der Waals surface area contributed by atoms with Gasteiger partial charge in [0.05, 0.1) is 15.9 Å². The summed E-state index contributed by atoms with van der Waals surface area (Å²) in [4.78, 5) is 91.7. The first kappa shape index (κ1) is 39.0. The minimum absolute atomic E-state index is 0.00953. The molecule has 3 amide bonds. The summed E-state index contributed by atoms with van der Waals surface area (Å²) in [5, 5.41) is 10.4. The molecule has 3 aromatic rings. The van der Waals surface area contributed by atoms with Crippen LogP contribution in [0.2, 0.25) is 0 Å². The van der Waals surface area contributed by atoms with Crippen molar-refractivity contribution in [3.05, 3.63) is 106 Å². The second-order valence-electron chi connectivity index (χ2n) is 11.8.